The molecular formula is C19H19BrN2O4. The van der Waals surface area contributed by atoms with Crippen LogP contribution in [0.3, 0.4) is 0 Å². The number of carbonyl (C=O) groups excluding carboxylic acids is 2. The number of amides is 1. The second kappa shape index (κ2) is 10.4. The maximum absolute atomic E-state index is 11.8. The fraction of sp³-hybridized carbons (Fsp3) is 0.211. The summed E-state index contributed by atoms with van der Waals surface area (Å²) in [6, 6.07) is 14.5. The molecule has 136 valence electrons. The molecule has 7 heteroatoms. The van der Waals surface area contributed by atoms with Crippen molar-refractivity contribution >= 4 is 34.0 Å². The number of esters is 1. The lowest BCUT2D eigenvalue weighted by atomic mass is 10.1. The van der Waals surface area contributed by atoms with Gasteiger partial charge in [-0.2, -0.15) is 5.10 Å². The number of hydrazone groups is 1. The Balaban J connectivity index is 1.78. The van der Waals surface area contributed by atoms with Crippen LogP contribution < -0.4 is 10.2 Å². The number of benzene rings is 2. The molecule has 0 radical (unpaired) electrons. The van der Waals surface area contributed by atoms with E-state index < -0.39 is 5.97 Å². The third-order valence-corrected chi connectivity index (χ3v) is 3.75. The van der Waals surface area contributed by atoms with Crippen molar-refractivity contribution < 1.29 is 19.1 Å². The first kappa shape index (κ1) is 19.7. The van der Waals surface area contributed by atoms with E-state index >= 15 is 0 Å². The Morgan fingerprint density at radius 2 is 1.81 bits per heavy atom. The molecule has 0 bridgehead atoms. The van der Waals surface area contributed by atoms with Gasteiger partial charge >= 0.3 is 5.97 Å². The van der Waals surface area contributed by atoms with Crippen LogP contribution in [0.1, 0.15) is 18.1 Å². The predicted octanol–water partition coefficient (Wildman–Crippen LogP) is 3.08. The van der Waals surface area contributed by atoms with Gasteiger partial charge < -0.3 is 9.47 Å². The number of ether oxygens (including phenoxy) is 2. The van der Waals surface area contributed by atoms with Crippen LogP contribution >= 0.6 is 15.9 Å². The number of nitrogens with zero attached hydrogens (tertiary/aromatic N) is 1. The molecule has 6 nitrogen and oxygen atoms in total. The summed E-state index contributed by atoms with van der Waals surface area (Å²) >= 11 is 3.35. The summed E-state index contributed by atoms with van der Waals surface area (Å²) in [5.41, 5.74) is 4.19. The molecule has 2 aromatic rings. The zero-order valence-electron chi connectivity index (χ0n) is 14.3. The summed E-state index contributed by atoms with van der Waals surface area (Å²) in [4.78, 5) is 23.1. The molecule has 0 fully saturated rings. The Labute approximate surface area is 160 Å². The van der Waals surface area contributed by atoms with Crippen molar-refractivity contribution in [3.05, 3.63) is 64.1 Å². The van der Waals surface area contributed by atoms with Gasteiger partial charge in [-0.1, -0.05) is 28.1 Å². The van der Waals surface area contributed by atoms with Crippen molar-refractivity contribution in [1.82, 2.24) is 5.43 Å². The highest BCUT2D eigenvalue weighted by Crippen LogP contribution is 2.12. The van der Waals surface area contributed by atoms with E-state index in [0.29, 0.717) is 12.4 Å². The molecule has 0 unspecified atom stereocenters. The van der Waals surface area contributed by atoms with Crippen molar-refractivity contribution in [2.45, 2.75) is 13.3 Å². The summed E-state index contributed by atoms with van der Waals surface area (Å²) in [6.45, 7) is 1.93. The minimum Gasteiger partial charge on any atom is -0.482 e. The maximum Gasteiger partial charge on any atom is 0.344 e. The second-order valence-corrected chi connectivity index (χ2v) is 6.17. The molecule has 0 saturated heterocycles. The number of carbonyl (C=O) groups is 2. The number of rotatable bonds is 8. The van der Waals surface area contributed by atoms with Crippen LogP contribution in [0, 0.1) is 0 Å². The fourth-order valence-corrected chi connectivity index (χ4v) is 2.27. The van der Waals surface area contributed by atoms with E-state index in [2.05, 4.69) is 26.5 Å². The summed E-state index contributed by atoms with van der Waals surface area (Å²) in [5.74, 6) is -0.0564. The Kier molecular flexibility index (Phi) is 7.82. The van der Waals surface area contributed by atoms with Gasteiger partial charge in [0.05, 0.1) is 19.2 Å². The average molecular weight is 419 g/mol. The first-order valence-electron chi connectivity index (χ1n) is 8.01. The lowest BCUT2D eigenvalue weighted by molar-refractivity contribution is -0.145. The van der Waals surface area contributed by atoms with Crippen LogP contribution in [-0.4, -0.2) is 31.3 Å². The van der Waals surface area contributed by atoms with Crippen molar-refractivity contribution in [2.24, 2.45) is 5.10 Å². The second-order valence-electron chi connectivity index (χ2n) is 5.26. The monoisotopic (exact) mass is 418 g/mol. The summed E-state index contributed by atoms with van der Waals surface area (Å²) in [5, 5.41) is 3.93. The largest absolute Gasteiger partial charge is 0.482 e. The van der Waals surface area contributed by atoms with Gasteiger partial charge in [0.2, 0.25) is 5.91 Å². The highest BCUT2D eigenvalue weighted by atomic mass is 79.9. The Bertz CT molecular complexity index is 758. The van der Waals surface area contributed by atoms with E-state index in [9.17, 15) is 9.59 Å². The molecule has 0 aromatic heterocycles. The van der Waals surface area contributed by atoms with Gasteiger partial charge in [-0.15, -0.1) is 0 Å². The quantitative estimate of drug-likeness (QED) is 0.405. The van der Waals surface area contributed by atoms with Gasteiger partial charge in [0.15, 0.2) is 6.61 Å². The smallest absolute Gasteiger partial charge is 0.344 e. The van der Waals surface area contributed by atoms with E-state index in [-0.39, 0.29) is 18.9 Å². The van der Waals surface area contributed by atoms with Gasteiger partial charge in [-0.05, 0) is 54.4 Å². The van der Waals surface area contributed by atoms with Gasteiger partial charge in [0.25, 0.3) is 0 Å². The third-order valence-electron chi connectivity index (χ3n) is 3.22. The Hall–Kier alpha value is -2.67. The van der Waals surface area contributed by atoms with Crippen molar-refractivity contribution in [3.63, 3.8) is 0 Å². The van der Waals surface area contributed by atoms with Crippen LogP contribution in [0.4, 0.5) is 0 Å². The lowest BCUT2D eigenvalue weighted by Crippen LogP contribution is -2.19. The zero-order valence-corrected chi connectivity index (χ0v) is 15.9. The number of hydrogen-bond donors (Lipinski definition) is 1. The molecule has 0 aliphatic carbocycles. The standard InChI is InChI=1S/C19H19BrN2O4/c1-2-25-19(24)13-26-17-9-5-15(6-10-17)12-21-22-18(23)11-14-3-7-16(20)8-4-14/h3-10,12H,2,11,13H2,1H3,(H,22,23)/b21-12+. The molecule has 0 spiro atoms. The highest BCUT2D eigenvalue weighted by molar-refractivity contribution is 9.10. The SMILES string of the molecule is CCOC(=O)COc1ccc(/C=N/NC(=O)Cc2ccc(Br)cc2)cc1. The van der Waals surface area contributed by atoms with Crippen LogP contribution in [0.2, 0.25) is 0 Å². The number of nitrogens with one attached hydrogen (secondary N) is 1. The Morgan fingerprint density at radius 1 is 1.12 bits per heavy atom. The van der Waals surface area contributed by atoms with Crippen molar-refractivity contribution in [2.75, 3.05) is 13.2 Å². The molecule has 0 saturated carbocycles. The highest BCUT2D eigenvalue weighted by Gasteiger charge is 2.03. The summed E-state index contributed by atoms with van der Waals surface area (Å²) < 4.78 is 11.1. The average Bonchev–Trinajstić information content (AvgIpc) is 2.63. The molecule has 26 heavy (non-hydrogen) atoms. The van der Waals surface area contributed by atoms with Crippen LogP contribution in [-0.2, 0) is 20.7 Å². The fourth-order valence-electron chi connectivity index (χ4n) is 2.00. The topological polar surface area (TPSA) is 77.0 Å². The predicted molar refractivity (Wildman–Crippen MR) is 102 cm³/mol. The molecular weight excluding hydrogens is 400 g/mol. The summed E-state index contributed by atoms with van der Waals surface area (Å²) in [6.07, 6.45) is 1.79. The van der Waals surface area contributed by atoms with Crippen LogP contribution in [0.15, 0.2) is 58.1 Å². The molecule has 1 N–H and O–H groups in total. The molecule has 2 aromatic carbocycles. The Morgan fingerprint density at radius 3 is 2.46 bits per heavy atom. The molecule has 0 aliphatic rings. The minimum absolute atomic E-state index is 0.132. The van der Waals surface area contributed by atoms with E-state index in [4.69, 9.17) is 9.47 Å². The van der Waals surface area contributed by atoms with Crippen molar-refractivity contribution in [3.8, 4) is 5.75 Å². The van der Waals surface area contributed by atoms with E-state index in [0.717, 1.165) is 15.6 Å². The first-order chi connectivity index (χ1) is 12.6. The third kappa shape index (κ3) is 7.06. The number of halogens is 1. The first-order valence-corrected chi connectivity index (χ1v) is 8.81. The molecule has 0 atom stereocenters. The van der Waals surface area contributed by atoms with E-state index in [1.165, 1.54) is 6.21 Å². The minimum atomic E-state index is -0.411. The summed E-state index contributed by atoms with van der Waals surface area (Å²) in [7, 11) is 0. The maximum atomic E-state index is 11.8. The van der Waals surface area contributed by atoms with Crippen LogP contribution in [0.25, 0.3) is 0 Å². The molecule has 0 aliphatic heterocycles. The van der Waals surface area contributed by atoms with Gasteiger partial charge in [-0.25, -0.2) is 10.2 Å². The van der Waals surface area contributed by atoms with Gasteiger partial charge in [-0.3, -0.25) is 4.79 Å². The van der Waals surface area contributed by atoms with Crippen LogP contribution in [0.5, 0.6) is 5.75 Å². The zero-order chi connectivity index (χ0) is 18.8. The normalized spacial score (nSPS) is 10.5. The van der Waals surface area contributed by atoms with E-state index in [1.807, 2.05) is 24.3 Å². The molecule has 2 rings (SSSR count). The van der Waals surface area contributed by atoms with Crippen molar-refractivity contribution in [1.29, 1.82) is 0 Å². The van der Waals surface area contributed by atoms with Gasteiger partial charge in [0.1, 0.15) is 5.75 Å². The van der Waals surface area contributed by atoms with E-state index in [1.54, 1.807) is 31.2 Å². The lowest BCUT2D eigenvalue weighted by Gasteiger charge is -2.05. The number of hydrogen-bond acceptors (Lipinski definition) is 5. The molecule has 1 amide bonds. The van der Waals surface area contributed by atoms with Gasteiger partial charge in [0, 0.05) is 4.47 Å². The molecule has 0 heterocycles.